The second-order valence-corrected chi connectivity index (χ2v) is 3.92. The molecule has 0 aliphatic carbocycles. The van der Waals surface area contributed by atoms with Crippen molar-refractivity contribution >= 4 is 23.2 Å². The molecule has 0 amide bonds. The van der Waals surface area contributed by atoms with E-state index in [4.69, 9.17) is 10.5 Å². The van der Waals surface area contributed by atoms with Gasteiger partial charge in [-0.1, -0.05) is 30.3 Å². The highest BCUT2D eigenvalue weighted by atomic mass is 35.5. The minimum Gasteiger partial charge on any atom is -0.496 e. The van der Waals surface area contributed by atoms with Crippen LogP contribution in [0.5, 0.6) is 5.75 Å². The van der Waals surface area contributed by atoms with Crippen molar-refractivity contribution in [3.05, 3.63) is 42.0 Å². The van der Waals surface area contributed by atoms with E-state index in [9.17, 15) is 13.2 Å². The third-order valence-electron chi connectivity index (χ3n) is 2.83. The number of benzene rings is 2. The Hall–Kier alpha value is -1.46. The molecule has 0 aliphatic heterocycles. The molecule has 0 aromatic heterocycles. The summed E-state index contributed by atoms with van der Waals surface area (Å²) in [4.78, 5) is 0. The maximum atomic E-state index is 12.7. The van der Waals surface area contributed by atoms with Gasteiger partial charge in [0.25, 0.3) is 0 Å². The first-order chi connectivity index (χ1) is 8.45. The van der Waals surface area contributed by atoms with Crippen LogP contribution in [0.3, 0.4) is 0 Å². The summed E-state index contributed by atoms with van der Waals surface area (Å²) >= 11 is 0. The van der Waals surface area contributed by atoms with E-state index in [1.807, 2.05) is 0 Å². The highest BCUT2D eigenvalue weighted by Crippen LogP contribution is 2.37. The number of alkyl halides is 3. The fraction of sp³-hybridized carbons (Fsp3) is 0.231. The Balaban J connectivity index is 0.00000180. The quantitative estimate of drug-likeness (QED) is 0.912. The number of ether oxygens (including phenoxy) is 1. The molecule has 2 aromatic rings. The van der Waals surface area contributed by atoms with Crippen molar-refractivity contribution in [2.24, 2.45) is 5.73 Å². The van der Waals surface area contributed by atoms with Gasteiger partial charge in [-0.25, -0.2) is 0 Å². The summed E-state index contributed by atoms with van der Waals surface area (Å²) < 4.78 is 43.2. The summed E-state index contributed by atoms with van der Waals surface area (Å²) in [5.74, 6) is 0.531. The molecule has 0 saturated carbocycles. The predicted octanol–water partition coefficient (Wildman–Crippen LogP) is 3.83. The Labute approximate surface area is 114 Å². The van der Waals surface area contributed by atoms with Crippen molar-refractivity contribution < 1.29 is 17.9 Å². The van der Waals surface area contributed by atoms with Gasteiger partial charge in [0.05, 0.1) is 7.11 Å². The predicted molar refractivity (Wildman–Crippen MR) is 70.7 cm³/mol. The van der Waals surface area contributed by atoms with Crippen molar-refractivity contribution in [2.75, 3.05) is 7.11 Å². The van der Waals surface area contributed by atoms with E-state index >= 15 is 0 Å². The summed E-state index contributed by atoms with van der Waals surface area (Å²) in [6.45, 7) is 0. The Morgan fingerprint density at radius 1 is 1.05 bits per heavy atom. The van der Waals surface area contributed by atoms with Gasteiger partial charge in [-0.05, 0) is 17.0 Å². The zero-order valence-electron chi connectivity index (χ0n) is 10.1. The number of hydrogen-bond donors (Lipinski definition) is 1. The Bertz CT molecular complexity index is 571. The molecule has 0 bridgehead atoms. The number of hydrogen-bond acceptors (Lipinski definition) is 2. The molecule has 1 atom stereocenters. The maximum Gasteiger partial charge on any atom is 0.407 e. The summed E-state index contributed by atoms with van der Waals surface area (Å²) in [6, 6.07) is 7.61. The number of rotatable bonds is 2. The van der Waals surface area contributed by atoms with Crippen LogP contribution in [0.25, 0.3) is 10.8 Å². The largest absolute Gasteiger partial charge is 0.496 e. The van der Waals surface area contributed by atoms with Crippen LogP contribution in [0.4, 0.5) is 13.2 Å². The first kappa shape index (κ1) is 15.6. The van der Waals surface area contributed by atoms with Gasteiger partial charge in [0.1, 0.15) is 11.8 Å². The molecule has 104 valence electrons. The molecule has 0 spiro atoms. The average molecular weight is 292 g/mol. The van der Waals surface area contributed by atoms with Crippen molar-refractivity contribution in [3.8, 4) is 5.75 Å². The fourth-order valence-electron chi connectivity index (χ4n) is 1.92. The van der Waals surface area contributed by atoms with E-state index in [2.05, 4.69) is 0 Å². The monoisotopic (exact) mass is 291 g/mol. The smallest absolute Gasteiger partial charge is 0.407 e. The summed E-state index contributed by atoms with van der Waals surface area (Å²) in [5.41, 5.74) is 5.32. The zero-order valence-corrected chi connectivity index (χ0v) is 10.9. The molecule has 0 radical (unpaired) electrons. The van der Waals surface area contributed by atoms with E-state index in [1.165, 1.54) is 19.2 Å². The first-order valence-electron chi connectivity index (χ1n) is 5.33. The van der Waals surface area contributed by atoms with Gasteiger partial charge in [-0.2, -0.15) is 13.2 Å². The number of fused-ring (bicyclic) bond motifs is 1. The van der Waals surface area contributed by atoms with Gasteiger partial charge >= 0.3 is 6.18 Å². The molecule has 0 aliphatic rings. The molecule has 0 saturated heterocycles. The van der Waals surface area contributed by atoms with Gasteiger partial charge in [-0.3, -0.25) is 0 Å². The lowest BCUT2D eigenvalue weighted by molar-refractivity contribution is -0.148. The second kappa shape index (κ2) is 5.67. The highest BCUT2D eigenvalue weighted by Gasteiger charge is 2.38. The summed E-state index contributed by atoms with van der Waals surface area (Å²) in [6.07, 6.45) is -4.46. The molecule has 19 heavy (non-hydrogen) atoms. The van der Waals surface area contributed by atoms with Crippen molar-refractivity contribution in [2.45, 2.75) is 12.2 Å². The lowest BCUT2D eigenvalue weighted by atomic mass is 9.98. The van der Waals surface area contributed by atoms with Crippen LogP contribution in [0, 0.1) is 0 Å². The molecule has 2 aromatic carbocycles. The van der Waals surface area contributed by atoms with Crippen LogP contribution < -0.4 is 10.5 Å². The third-order valence-corrected chi connectivity index (χ3v) is 2.83. The molecule has 2 rings (SSSR count). The lowest BCUT2D eigenvalue weighted by Gasteiger charge is -2.18. The number of halogens is 4. The number of methoxy groups -OCH3 is 1. The van der Waals surface area contributed by atoms with Crippen molar-refractivity contribution in [3.63, 3.8) is 0 Å². The summed E-state index contributed by atoms with van der Waals surface area (Å²) in [7, 11) is 1.48. The number of nitrogens with two attached hydrogens (primary N) is 1. The Morgan fingerprint density at radius 2 is 1.63 bits per heavy atom. The maximum absolute atomic E-state index is 12.7. The standard InChI is InChI=1S/C13H12F3NO.ClH/c1-18-11-7-6-10(12(17)13(14,15)16)8-4-2-3-5-9(8)11;/h2-7,12H,17H2,1H3;1H/t12-;/m1./s1. The Morgan fingerprint density at radius 3 is 2.16 bits per heavy atom. The average Bonchev–Trinajstić information content (AvgIpc) is 2.35. The van der Waals surface area contributed by atoms with E-state index < -0.39 is 12.2 Å². The minimum atomic E-state index is -4.46. The van der Waals surface area contributed by atoms with Gasteiger partial charge in [-0.15, -0.1) is 12.4 Å². The molecule has 0 fully saturated rings. The molecular formula is C13H13ClF3NO. The fourth-order valence-corrected chi connectivity index (χ4v) is 1.92. The zero-order chi connectivity index (χ0) is 13.3. The van der Waals surface area contributed by atoms with Crippen LogP contribution in [-0.2, 0) is 0 Å². The molecule has 2 N–H and O–H groups in total. The van der Waals surface area contributed by atoms with Gasteiger partial charge in [0.15, 0.2) is 0 Å². The van der Waals surface area contributed by atoms with Crippen LogP contribution in [0.2, 0.25) is 0 Å². The lowest BCUT2D eigenvalue weighted by Crippen LogP contribution is -2.28. The third kappa shape index (κ3) is 2.93. The highest BCUT2D eigenvalue weighted by molar-refractivity contribution is 5.91. The SMILES string of the molecule is COc1ccc([C@@H](N)C(F)(F)F)c2ccccc12.Cl. The van der Waals surface area contributed by atoms with Crippen LogP contribution >= 0.6 is 12.4 Å². The topological polar surface area (TPSA) is 35.2 Å². The normalized spacial score (nSPS) is 12.9. The van der Waals surface area contributed by atoms with Gasteiger partial charge < -0.3 is 10.5 Å². The summed E-state index contributed by atoms with van der Waals surface area (Å²) in [5, 5.41) is 1.08. The van der Waals surface area contributed by atoms with Gasteiger partial charge in [0.2, 0.25) is 0 Å². The van der Waals surface area contributed by atoms with Crippen molar-refractivity contribution in [1.82, 2.24) is 0 Å². The second-order valence-electron chi connectivity index (χ2n) is 3.92. The van der Waals surface area contributed by atoms with Crippen LogP contribution in [-0.4, -0.2) is 13.3 Å². The Kier molecular flexibility index (Phi) is 4.66. The molecule has 0 unspecified atom stereocenters. The molecule has 2 nitrogen and oxygen atoms in total. The molecular weight excluding hydrogens is 279 g/mol. The van der Waals surface area contributed by atoms with E-state index in [0.29, 0.717) is 16.5 Å². The van der Waals surface area contributed by atoms with E-state index in [1.54, 1.807) is 24.3 Å². The first-order valence-corrected chi connectivity index (χ1v) is 5.33. The van der Waals surface area contributed by atoms with E-state index in [0.717, 1.165) is 0 Å². The van der Waals surface area contributed by atoms with Crippen LogP contribution in [0.15, 0.2) is 36.4 Å². The molecule has 6 heteroatoms. The van der Waals surface area contributed by atoms with Crippen molar-refractivity contribution in [1.29, 1.82) is 0 Å². The minimum absolute atomic E-state index is 0. The molecule has 0 heterocycles. The van der Waals surface area contributed by atoms with Gasteiger partial charge in [0, 0.05) is 5.39 Å². The van der Waals surface area contributed by atoms with E-state index in [-0.39, 0.29) is 18.0 Å². The van der Waals surface area contributed by atoms with Crippen LogP contribution in [0.1, 0.15) is 11.6 Å².